The quantitative estimate of drug-likeness (QED) is 0.881. The third-order valence-corrected chi connectivity index (χ3v) is 4.92. The molecule has 18 heavy (non-hydrogen) atoms. The van der Waals surface area contributed by atoms with E-state index in [4.69, 9.17) is 23.2 Å². The van der Waals surface area contributed by atoms with Crippen molar-refractivity contribution in [3.05, 3.63) is 33.5 Å². The third kappa shape index (κ3) is 2.92. The molecule has 96 valence electrons. The normalized spacial score (nSPS) is 11.5. The Kier molecular flexibility index (Phi) is 3.76. The molecular formula is C9H7Cl2N3O2S2. The van der Waals surface area contributed by atoms with E-state index in [1.54, 1.807) is 12.3 Å². The minimum Gasteiger partial charge on any atom is -0.255 e. The largest absolute Gasteiger partial charge is 0.265 e. The van der Waals surface area contributed by atoms with Gasteiger partial charge in [-0.3, -0.25) is 4.72 Å². The van der Waals surface area contributed by atoms with E-state index < -0.39 is 10.0 Å². The molecule has 2 heterocycles. The number of rotatable bonds is 3. The molecule has 0 radical (unpaired) electrons. The first-order valence-corrected chi connectivity index (χ1v) is 7.76. The summed E-state index contributed by atoms with van der Waals surface area (Å²) in [6.07, 6.45) is 1.14. The van der Waals surface area contributed by atoms with Gasteiger partial charge in [-0.2, -0.15) is 0 Å². The van der Waals surface area contributed by atoms with Gasteiger partial charge in [0.15, 0.2) is 5.13 Å². The maximum atomic E-state index is 12.0. The number of thiazole rings is 1. The fraction of sp³-hybridized carbons (Fsp3) is 0.111. The molecule has 9 heteroatoms. The van der Waals surface area contributed by atoms with Crippen molar-refractivity contribution in [2.24, 2.45) is 0 Å². The van der Waals surface area contributed by atoms with Gasteiger partial charge < -0.3 is 0 Å². The van der Waals surface area contributed by atoms with Gasteiger partial charge in [-0.1, -0.05) is 23.2 Å². The SMILES string of the molecule is Cc1csc(NS(=O)(=O)c2cnc(Cl)c(Cl)c2)n1. The van der Waals surface area contributed by atoms with Crippen LogP contribution in [0.1, 0.15) is 5.69 Å². The maximum Gasteiger partial charge on any atom is 0.265 e. The van der Waals surface area contributed by atoms with Crippen LogP contribution in [0.25, 0.3) is 0 Å². The van der Waals surface area contributed by atoms with Crippen LogP contribution in [0.5, 0.6) is 0 Å². The molecule has 0 aliphatic heterocycles. The number of sulfonamides is 1. The summed E-state index contributed by atoms with van der Waals surface area (Å²) in [7, 11) is -3.75. The van der Waals surface area contributed by atoms with E-state index in [0.717, 1.165) is 11.9 Å². The molecule has 0 aliphatic carbocycles. The van der Waals surface area contributed by atoms with E-state index in [0.29, 0.717) is 5.13 Å². The minimum atomic E-state index is -3.75. The first-order valence-electron chi connectivity index (χ1n) is 4.64. The van der Waals surface area contributed by atoms with Crippen molar-refractivity contribution in [3.63, 3.8) is 0 Å². The highest BCUT2D eigenvalue weighted by atomic mass is 35.5. The number of aromatic nitrogens is 2. The monoisotopic (exact) mass is 323 g/mol. The topological polar surface area (TPSA) is 72.0 Å². The Morgan fingerprint density at radius 2 is 2.11 bits per heavy atom. The standard InChI is InChI=1S/C9H7Cl2N3O2S2/c1-5-4-17-9(13-5)14-18(15,16)6-2-7(10)8(11)12-3-6/h2-4H,1H3,(H,13,14). The average molecular weight is 324 g/mol. The van der Waals surface area contributed by atoms with Gasteiger partial charge in [0.1, 0.15) is 10.0 Å². The molecule has 0 fully saturated rings. The van der Waals surface area contributed by atoms with Gasteiger partial charge in [-0.05, 0) is 13.0 Å². The van der Waals surface area contributed by atoms with Crippen molar-refractivity contribution < 1.29 is 8.42 Å². The predicted octanol–water partition coefficient (Wildman–Crippen LogP) is 2.95. The fourth-order valence-corrected chi connectivity index (χ4v) is 3.37. The Morgan fingerprint density at radius 1 is 1.39 bits per heavy atom. The van der Waals surface area contributed by atoms with Gasteiger partial charge in [0, 0.05) is 11.6 Å². The maximum absolute atomic E-state index is 12.0. The van der Waals surface area contributed by atoms with Crippen molar-refractivity contribution in [2.75, 3.05) is 4.72 Å². The Labute approximate surface area is 118 Å². The Balaban J connectivity index is 2.33. The molecule has 0 aromatic carbocycles. The molecule has 0 saturated carbocycles. The van der Waals surface area contributed by atoms with Crippen LogP contribution in [-0.2, 0) is 10.0 Å². The lowest BCUT2D eigenvalue weighted by atomic mass is 10.5. The Bertz CT molecular complexity index is 685. The Hall–Kier alpha value is -0.890. The molecule has 0 aliphatic rings. The van der Waals surface area contributed by atoms with Crippen molar-refractivity contribution in [2.45, 2.75) is 11.8 Å². The number of hydrogen-bond acceptors (Lipinski definition) is 5. The van der Waals surface area contributed by atoms with Crippen LogP contribution < -0.4 is 4.72 Å². The number of nitrogens with one attached hydrogen (secondary N) is 1. The second-order valence-electron chi connectivity index (χ2n) is 3.34. The van der Waals surface area contributed by atoms with E-state index in [-0.39, 0.29) is 15.1 Å². The summed E-state index contributed by atoms with van der Waals surface area (Å²) >= 11 is 12.6. The summed E-state index contributed by atoms with van der Waals surface area (Å²) in [6.45, 7) is 1.77. The lowest BCUT2D eigenvalue weighted by molar-refractivity contribution is 0.601. The van der Waals surface area contributed by atoms with Crippen molar-refractivity contribution in [3.8, 4) is 0 Å². The zero-order chi connectivity index (χ0) is 13.3. The van der Waals surface area contributed by atoms with Gasteiger partial charge in [0.2, 0.25) is 0 Å². The molecular weight excluding hydrogens is 317 g/mol. The van der Waals surface area contributed by atoms with Crippen LogP contribution in [0, 0.1) is 6.92 Å². The van der Waals surface area contributed by atoms with Crippen molar-refractivity contribution >= 4 is 49.7 Å². The van der Waals surface area contributed by atoms with Crippen LogP contribution in [0.15, 0.2) is 22.5 Å². The third-order valence-electron chi connectivity index (χ3n) is 1.92. The van der Waals surface area contributed by atoms with Gasteiger partial charge >= 0.3 is 0 Å². The molecule has 0 bridgehead atoms. The molecule has 5 nitrogen and oxygen atoms in total. The zero-order valence-corrected chi connectivity index (χ0v) is 12.2. The summed E-state index contributed by atoms with van der Waals surface area (Å²) < 4.78 is 26.3. The second-order valence-corrected chi connectivity index (χ2v) is 6.65. The van der Waals surface area contributed by atoms with Crippen LogP contribution in [0.2, 0.25) is 10.2 Å². The lowest BCUT2D eigenvalue weighted by Crippen LogP contribution is -2.13. The smallest absolute Gasteiger partial charge is 0.255 e. The molecule has 0 saturated heterocycles. The first kappa shape index (κ1) is 13.5. The van der Waals surface area contributed by atoms with E-state index in [1.165, 1.54) is 17.4 Å². The molecule has 2 rings (SSSR count). The van der Waals surface area contributed by atoms with Crippen LogP contribution >= 0.6 is 34.5 Å². The minimum absolute atomic E-state index is 0.0562. The zero-order valence-electron chi connectivity index (χ0n) is 9.02. The number of pyridine rings is 1. The molecule has 1 N–H and O–H groups in total. The van der Waals surface area contributed by atoms with Crippen molar-refractivity contribution in [1.82, 2.24) is 9.97 Å². The number of anilines is 1. The molecule has 0 amide bonds. The van der Waals surface area contributed by atoms with Crippen LogP contribution in [-0.4, -0.2) is 18.4 Å². The van der Waals surface area contributed by atoms with Gasteiger partial charge in [0.05, 0.1) is 10.7 Å². The average Bonchev–Trinajstić information content (AvgIpc) is 2.67. The first-order chi connectivity index (χ1) is 8.38. The number of nitrogens with zero attached hydrogens (tertiary/aromatic N) is 2. The van der Waals surface area contributed by atoms with Crippen molar-refractivity contribution in [1.29, 1.82) is 0 Å². The van der Waals surface area contributed by atoms with Gasteiger partial charge in [-0.15, -0.1) is 11.3 Å². The molecule has 2 aromatic heterocycles. The number of halogens is 2. The number of aryl methyl sites for hydroxylation is 1. The Morgan fingerprint density at radius 3 is 2.67 bits per heavy atom. The predicted molar refractivity (Wildman–Crippen MR) is 71.9 cm³/mol. The fourth-order valence-electron chi connectivity index (χ4n) is 1.13. The summed E-state index contributed by atoms with van der Waals surface area (Å²) in [4.78, 5) is 7.63. The molecule has 0 unspecified atom stereocenters. The summed E-state index contributed by atoms with van der Waals surface area (Å²) in [5.74, 6) is 0. The number of hydrogen-bond donors (Lipinski definition) is 1. The van der Waals surface area contributed by atoms with Gasteiger partial charge in [-0.25, -0.2) is 18.4 Å². The highest BCUT2D eigenvalue weighted by molar-refractivity contribution is 7.93. The summed E-state index contributed by atoms with van der Waals surface area (Å²) in [5, 5.41) is 2.17. The lowest BCUT2D eigenvalue weighted by Gasteiger charge is -2.05. The molecule has 0 spiro atoms. The van der Waals surface area contributed by atoms with E-state index in [9.17, 15) is 8.42 Å². The highest BCUT2D eigenvalue weighted by Crippen LogP contribution is 2.24. The van der Waals surface area contributed by atoms with E-state index >= 15 is 0 Å². The summed E-state index contributed by atoms with van der Waals surface area (Å²) in [6, 6.07) is 1.24. The van der Waals surface area contributed by atoms with Crippen LogP contribution in [0.4, 0.5) is 5.13 Å². The van der Waals surface area contributed by atoms with E-state index in [1.807, 2.05) is 0 Å². The van der Waals surface area contributed by atoms with Gasteiger partial charge in [0.25, 0.3) is 10.0 Å². The second kappa shape index (κ2) is 5.00. The highest BCUT2D eigenvalue weighted by Gasteiger charge is 2.17. The molecule has 2 aromatic rings. The molecule has 0 atom stereocenters. The van der Waals surface area contributed by atoms with E-state index in [2.05, 4.69) is 14.7 Å². The summed E-state index contributed by atoms with van der Waals surface area (Å²) in [5.41, 5.74) is 0.741. The van der Waals surface area contributed by atoms with Crippen LogP contribution in [0.3, 0.4) is 0 Å².